The summed E-state index contributed by atoms with van der Waals surface area (Å²) in [7, 11) is 0. The standard InChI is InChI=1S/C23H24FN5O3S/c24-19-9-5-4-8-18(19)22(31)25-11-10-20-26-27-23(29(20)17-6-2-1-3-7-17)33-16-21(30)28-12-14-32-15-13-28/h1-9H,10-16H2,(H,25,31). The summed E-state index contributed by atoms with van der Waals surface area (Å²) in [5, 5.41) is 11.9. The van der Waals surface area contributed by atoms with Crippen molar-refractivity contribution in [1.29, 1.82) is 0 Å². The van der Waals surface area contributed by atoms with Gasteiger partial charge in [-0.1, -0.05) is 42.1 Å². The number of benzene rings is 2. The van der Waals surface area contributed by atoms with Crippen LogP contribution in [0.4, 0.5) is 4.39 Å². The number of nitrogens with zero attached hydrogens (tertiary/aromatic N) is 4. The third-order valence-electron chi connectivity index (χ3n) is 5.16. The molecule has 4 rings (SSSR count). The lowest BCUT2D eigenvalue weighted by Gasteiger charge is -2.26. The average Bonchev–Trinajstić information content (AvgIpc) is 3.26. The number of carbonyl (C=O) groups excluding carboxylic acids is 2. The number of thioether (sulfide) groups is 1. The summed E-state index contributed by atoms with van der Waals surface area (Å²) in [6.45, 7) is 2.56. The molecule has 10 heteroatoms. The van der Waals surface area contributed by atoms with Gasteiger partial charge in [-0.15, -0.1) is 10.2 Å². The molecule has 2 aromatic carbocycles. The number of hydrogen-bond acceptors (Lipinski definition) is 6. The van der Waals surface area contributed by atoms with Crippen molar-refractivity contribution >= 4 is 23.6 Å². The van der Waals surface area contributed by atoms with Gasteiger partial charge in [0, 0.05) is 31.7 Å². The Morgan fingerprint density at radius 3 is 2.52 bits per heavy atom. The summed E-state index contributed by atoms with van der Waals surface area (Å²) in [5.74, 6) is -0.133. The van der Waals surface area contributed by atoms with Gasteiger partial charge in [-0.3, -0.25) is 14.2 Å². The number of amides is 2. The molecule has 2 heterocycles. The summed E-state index contributed by atoms with van der Waals surface area (Å²) in [6, 6.07) is 15.4. The molecule has 8 nitrogen and oxygen atoms in total. The molecule has 0 aliphatic carbocycles. The zero-order valence-corrected chi connectivity index (χ0v) is 18.8. The van der Waals surface area contributed by atoms with Crippen molar-refractivity contribution < 1.29 is 18.7 Å². The molecule has 1 N–H and O–H groups in total. The second-order valence-corrected chi connectivity index (χ2v) is 8.28. The first-order valence-corrected chi connectivity index (χ1v) is 11.6. The molecule has 0 spiro atoms. The van der Waals surface area contributed by atoms with Gasteiger partial charge in [0.2, 0.25) is 5.91 Å². The van der Waals surface area contributed by atoms with Crippen LogP contribution in [-0.4, -0.2) is 70.1 Å². The highest BCUT2D eigenvalue weighted by Gasteiger charge is 2.20. The van der Waals surface area contributed by atoms with Crippen LogP contribution in [0.5, 0.6) is 0 Å². The van der Waals surface area contributed by atoms with Gasteiger partial charge in [0.15, 0.2) is 5.16 Å². The topological polar surface area (TPSA) is 89.3 Å². The SMILES string of the molecule is O=C(NCCc1nnc(SCC(=O)N2CCOCC2)n1-c1ccccc1)c1ccccc1F. The predicted octanol–water partition coefficient (Wildman–Crippen LogP) is 2.33. The monoisotopic (exact) mass is 469 g/mol. The van der Waals surface area contributed by atoms with Gasteiger partial charge in [0.05, 0.1) is 24.5 Å². The molecule has 2 amide bonds. The van der Waals surface area contributed by atoms with Crippen LogP contribution in [0.3, 0.4) is 0 Å². The molecule has 1 fully saturated rings. The molecule has 3 aromatic rings. The number of hydrogen-bond donors (Lipinski definition) is 1. The van der Waals surface area contributed by atoms with Crippen LogP contribution >= 0.6 is 11.8 Å². The Balaban J connectivity index is 1.44. The zero-order valence-electron chi connectivity index (χ0n) is 17.9. The lowest BCUT2D eigenvalue weighted by Crippen LogP contribution is -2.41. The number of para-hydroxylation sites is 1. The van der Waals surface area contributed by atoms with Gasteiger partial charge in [-0.2, -0.15) is 0 Å². The number of aromatic nitrogens is 3. The van der Waals surface area contributed by atoms with Crippen LogP contribution in [0.1, 0.15) is 16.2 Å². The molecule has 0 bridgehead atoms. The quantitative estimate of drug-likeness (QED) is 0.510. The minimum absolute atomic E-state index is 0.0000964. The van der Waals surface area contributed by atoms with Gasteiger partial charge in [0.25, 0.3) is 5.91 Å². The molecule has 0 atom stereocenters. The molecule has 33 heavy (non-hydrogen) atoms. The molecule has 1 aliphatic rings. The Bertz CT molecular complexity index is 1100. The molecule has 0 saturated carbocycles. The van der Waals surface area contributed by atoms with Crippen LogP contribution < -0.4 is 5.32 Å². The number of rotatable bonds is 8. The van der Waals surface area contributed by atoms with Crippen LogP contribution in [0.2, 0.25) is 0 Å². The van der Waals surface area contributed by atoms with Gasteiger partial charge < -0.3 is 15.0 Å². The van der Waals surface area contributed by atoms with Crippen LogP contribution in [0.25, 0.3) is 5.69 Å². The molecule has 1 aliphatic heterocycles. The van der Waals surface area contributed by atoms with E-state index in [1.54, 1.807) is 11.0 Å². The third kappa shape index (κ3) is 5.77. The smallest absolute Gasteiger partial charge is 0.254 e. The number of carbonyl (C=O) groups is 2. The maximum absolute atomic E-state index is 13.8. The molecule has 1 aromatic heterocycles. The third-order valence-corrected chi connectivity index (χ3v) is 6.07. The highest BCUT2D eigenvalue weighted by molar-refractivity contribution is 7.99. The maximum Gasteiger partial charge on any atom is 0.254 e. The minimum Gasteiger partial charge on any atom is -0.378 e. The normalized spacial score (nSPS) is 13.7. The van der Waals surface area contributed by atoms with Gasteiger partial charge in [-0.05, 0) is 24.3 Å². The molecule has 0 radical (unpaired) electrons. The van der Waals surface area contributed by atoms with Crippen molar-refractivity contribution in [1.82, 2.24) is 25.0 Å². The fourth-order valence-electron chi connectivity index (χ4n) is 3.45. The van der Waals surface area contributed by atoms with E-state index in [9.17, 15) is 14.0 Å². The molecular formula is C23H24FN5O3S. The summed E-state index contributed by atoms with van der Waals surface area (Å²) in [6.07, 6.45) is 0.389. The molecular weight excluding hydrogens is 445 g/mol. The van der Waals surface area contributed by atoms with Crippen molar-refractivity contribution in [2.45, 2.75) is 11.6 Å². The van der Waals surface area contributed by atoms with Crippen molar-refractivity contribution in [2.24, 2.45) is 0 Å². The van der Waals surface area contributed by atoms with E-state index in [1.165, 1.54) is 30.0 Å². The number of ether oxygens (including phenoxy) is 1. The second-order valence-electron chi connectivity index (χ2n) is 7.34. The lowest BCUT2D eigenvalue weighted by molar-refractivity contribution is -0.132. The first kappa shape index (κ1) is 22.9. The van der Waals surface area contributed by atoms with Crippen LogP contribution in [0, 0.1) is 5.82 Å². The highest BCUT2D eigenvalue weighted by atomic mass is 32.2. The Hall–Kier alpha value is -3.24. The summed E-state index contributed by atoms with van der Waals surface area (Å²) in [4.78, 5) is 26.6. The predicted molar refractivity (Wildman–Crippen MR) is 122 cm³/mol. The van der Waals surface area contributed by atoms with Crippen molar-refractivity contribution in [3.63, 3.8) is 0 Å². The van der Waals surface area contributed by atoms with Gasteiger partial charge in [0.1, 0.15) is 11.6 Å². The maximum atomic E-state index is 13.8. The lowest BCUT2D eigenvalue weighted by atomic mass is 10.2. The van der Waals surface area contributed by atoms with Gasteiger partial charge in [-0.25, -0.2) is 4.39 Å². The van der Waals surface area contributed by atoms with E-state index in [1.807, 2.05) is 34.9 Å². The number of morpholine rings is 1. The molecule has 1 saturated heterocycles. The highest BCUT2D eigenvalue weighted by Crippen LogP contribution is 2.23. The second kappa shape index (κ2) is 11.1. The van der Waals surface area contributed by atoms with E-state index >= 15 is 0 Å². The van der Waals surface area contributed by atoms with E-state index in [0.717, 1.165) is 5.69 Å². The van der Waals surface area contributed by atoms with E-state index < -0.39 is 11.7 Å². The number of nitrogens with one attached hydrogen (secondary N) is 1. The van der Waals surface area contributed by atoms with Crippen molar-refractivity contribution in [2.75, 3.05) is 38.6 Å². The average molecular weight is 470 g/mol. The van der Waals surface area contributed by atoms with E-state index in [2.05, 4.69) is 15.5 Å². The fourth-order valence-corrected chi connectivity index (χ4v) is 4.32. The van der Waals surface area contributed by atoms with E-state index in [4.69, 9.17) is 4.74 Å². The van der Waals surface area contributed by atoms with Crippen LogP contribution in [0.15, 0.2) is 59.8 Å². The first-order valence-electron chi connectivity index (χ1n) is 10.6. The number of halogens is 1. The summed E-state index contributed by atoms with van der Waals surface area (Å²) < 4.78 is 21.0. The fraction of sp³-hybridized carbons (Fsp3) is 0.304. The Morgan fingerprint density at radius 2 is 1.76 bits per heavy atom. The minimum atomic E-state index is -0.564. The van der Waals surface area contributed by atoms with Gasteiger partial charge >= 0.3 is 0 Å². The summed E-state index contributed by atoms with van der Waals surface area (Å²) in [5.41, 5.74) is 0.860. The first-order chi connectivity index (χ1) is 16.1. The molecule has 172 valence electrons. The Labute approximate surface area is 195 Å². The van der Waals surface area contributed by atoms with E-state index in [0.29, 0.717) is 43.7 Å². The Kier molecular flexibility index (Phi) is 7.69. The van der Waals surface area contributed by atoms with Crippen LogP contribution in [-0.2, 0) is 16.0 Å². The van der Waals surface area contributed by atoms with E-state index in [-0.39, 0.29) is 23.8 Å². The largest absolute Gasteiger partial charge is 0.378 e. The molecule has 0 unspecified atom stereocenters. The van der Waals surface area contributed by atoms with Crippen molar-refractivity contribution in [3.8, 4) is 5.69 Å². The van der Waals surface area contributed by atoms with Crippen molar-refractivity contribution in [3.05, 3.63) is 71.8 Å². The summed E-state index contributed by atoms with van der Waals surface area (Å²) >= 11 is 1.32. The zero-order chi connectivity index (χ0) is 23.0. The Morgan fingerprint density at radius 1 is 1.03 bits per heavy atom.